The Morgan fingerprint density at radius 3 is 2.22 bits per heavy atom. The summed E-state index contributed by atoms with van der Waals surface area (Å²) in [5.74, 6) is 0. The SMILES string of the molecule is CC1=C(c2ccc([N+](=O)[O-])cc2)S(=O)(=O)N(C)C12CCCCC2. The quantitative estimate of drug-likeness (QED) is 0.613. The molecule has 1 aromatic rings. The Kier molecular flexibility index (Phi) is 3.80. The number of hydrogen-bond donors (Lipinski definition) is 0. The molecule has 1 aromatic carbocycles. The molecule has 0 N–H and O–H groups in total. The van der Waals surface area contributed by atoms with Crippen molar-refractivity contribution in [1.29, 1.82) is 0 Å². The summed E-state index contributed by atoms with van der Waals surface area (Å²) in [6.45, 7) is 1.89. The number of sulfonamides is 1. The molecule has 3 rings (SSSR count). The number of benzene rings is 1. The molecule has 1 aliphatic heterocycles. The number of nitro benzene ring substituents is 1. The van der Waals surface area contributed by atoms with Gasteiger partial charge in [0, 0.05) is 19.2 Å². The Labute approximate surface area is 136 Å². The van der Waals surface area contributed by atoms with Crippen molar-refractivity contribution in [2.24, 2.45) is 0 Å². The summed E-state index contributed by atoms with van der Waals surface area (Å²) in [7, 11) is -1.91. The second-order valence-electron chi connectivity index (χ2n) is 6.32. The maximum atomic E-state index is 12.9. The molecule has 124 valence electrons. The fraction of sp³-hybridized carbons (Fsp3) is 0.500. The molecule has 0 saturated heterocycles. The lowest BCUT2D eigenvalue weighted by Gasteiger charge is -2.39. The van der Waals surface area contributed by atoms with Gasteiger partial charge in [-0.2, -0.15) is 4.31 Å². The predicted molar refractivity (Wildman–Crippen MR) is 88.2 cm³/mol. The standard InChI is InChI=1S/C16H20N2O4S/c1-12-15(13-6-8-14(9-7-13)18(19)20)23(21,22)17(2)16(12)10-4-3-5-11-16/h6-9H,3-5,10-11H2,1-2H3. The van der Waals surface area contributed by atoms with Gasteiger partial charge in [0.15, 0.2) is 0 Å². The van der Waals surface area contributed by atoms with E-state index in [1.807, 2.05) is 6.92 Å². The summed E-state index contributed by atoms with van der Waals surface area (Å²) < 4.78 is 27.4. The van der Waals surface area contributed by atoms with Crippen LogP contribution in [0.4, 0.5) is 5.69 Å². The summed E-state index contributed by atoms with van der Waals surface area (Å²) in [6.07, 6.45) is 4.85. The molecule has 23 heavy (non-hydrogen) atoms. The third kappa shape index (κ3) is 2.30. The molecule has 1 saturated carbocycles. The first-order valence-electron chi connectivity index (χ1n) is 7.76. The number of likely N-dealkylation sites (N-methyl/N-ethyl adjacent to an activating group) is 1. The molecule has 6 nitrogen and oxygen atoms in total. The minimum absolute atomic E-state index is 0.0388. The topological polar surface area (TPSA) is 80.5 Å². The average Bonchev–Trinajstić information content (AvgIpc) is 2.67. The third-order valence-corrected chi connectivity index (χ3v) is 7.41. The zero-order valence-electron chi connectivity index (χ0n) is 13.3. The Hall–Kier alpha value is -1.73. The Morgan fingerprint density at radius 2 is 1.70 bits per heavy atom. The van der Waals surface area contributed by atoms with Gasteiger partial charge < -0.3 is 0 Å². The van der Waals surface area contributed by atoms with E-state index < -0.39 is 20.5 Å². The minimum Gasteiger partial charge on any atom is -0.258 e. The van der Waals surface area contributed by atoms with Crippen molar-refractivity contribution in [2.45, 2.75) is 44.6 Å². The number of nitro groups is 1. The summed E-state index contributed by atoms with van der Waals surface area (Å²) in [4.78, 5) is 10.6. The van der Waals surface area contributed by atoms with Crippen LogP contribution in [0.25, 0.3) is 4.91 Å². The van der Waals surface area contributed by atoms with Gasteiger partial charge >= 0.3 is 0 Å². The molecule has 2 aliphatic rings. The highest BCUT2D eigenvalue weighted by atomic mass is 32.2. The highest BCUT2D eigenvalue weighted by molar-refractivity contribution is 7.98. The summed E-state index contributed by atoms with van der Waals surface area (Å²) in [6, 6.07) is 5.78. The largest absolute Gasteiger partial charge is 0.269 e. The average molecular weight is 336 g/mol. The van der Waals surface area contributed by atoms with Gasteiger partial charge in [-0.1, -0.05) is 19.3 Å². The lowest BCUT2D eigenvalue weighted by Crippen LogP contribution is -2.46. The van der Waals surface area contributed by atoms with E-state index in [2.05, 4.69) is 0 Å². The first-order valence-corrected chi connectivity index (χ1v) is 9.20. The smallest absolute Gasteiger partial charge is 0.258 e. The van der Waals surface area contributed by atoms with Crippen LogP contribution < -0.4 is 0 Å². The highest BCUT2D eigenvalue weighted by Crippen LogP contribution is 2.50. The molecule has 7 heteroatoms. The van der Waals surface area contributed by atoms with Crippen LogP contribution in [0.3, 0.4) is 0 Å². The second-order valence-corrected chi connectivity index (χ2v) is 8.23. The third-order valence-electron chi connectivity index (χ3n) is 5.28. The number of rotatable bonds is 2. The molecule has 0 radical (unpaired) electrons. The van der Waals surface area contributed by atoms with Crippen molar-refractivity contribution in [3.63, 3.8) is 0 Å². The number of non-ortho nitro benzene ring substituents is 1. The lowest BCUT2D eigenvalue weighted by molar-refractivity contribution is -0.384. The minimum atomic E-state index is -3.57. The molecule has 0 atom stereocenters. The van der Waals surface area contributed by atoms with E-state index in [1.54, 1.807) is 7.05 Å². The summed E-state index contributed by atoms with van der Waals surface area (Å²) in [5, 5.41) is 10.8. The maximum Gasteiger partial charge on any atom is 0.269 e. The highest BCUT2D eigenvalue weighted by Gasteiger charge is 2.52. The summed E-state index contributed by atoms with van der Waals surface area (Å²) in [5.41, 5.74) is 0.938. The molecule has 0 amide bonds. The van der Waals surface area contributed by atoms with E-state index in [-0.39, 0.29) is 5.69 Å². The van der Waals surface area contributed by atoms with Gasteiger partial charge in [-0.3, -0.25) is 10.1 Å². The van der Waals surface area contributed by atoms with Crippen LogP contribution in [0.1, 0.15) is 44.6 Å². The Bertz CT molecular complexity index is 775. The molecule has 0 aromatic heterocycles. The van der Waals surface area contributed by atoms with Crippen molar-refractivity contribution in [1.82, 2.24) is 4.31 Å². The van der Waals surface area contributed by atoms with Crippen LogP contribution >= 0.6 is 0 Å². The van der Waals surface area contributed by atoms with Gasteiger partial charge in [0.2, 0.25) is 10.0 Å². The number of hydrogen-bond acceptors (Lipinski definition) is 4. The number of nitrogens with zero attached hydrogens (tertiary/aromatic N) is 2. The van der Waals surface area contributed by atoms with Gasteiger partial charge in [-0.05, 0) is 43.0 Å². The Balaban J connectivity index is 2.13. The first-order chi connectivity index (χ1) is 10.8. The van der Waals surface area contributed by atoms with Crippen molar-refractivity contribution in [2.75, 3.05) is 7.05 Å². The van der Waals surface area contributed by atoms with Crippen LogP contribution in [0, 0.1) is 10.1 Å². The van der Waals surface area contributed by atoms with Crippen molar-refractivity contribution < 1.29 is 13.3 Å². The second kappa shape index (κ2) is 5.42. The van der Waals surface area contributed by atoms with E-state index in [0.29, 0.717) is 10.5 Å². The normalized spacial score (nSPS) is 23.4. The van der Waals surface area contributed by atoms with E-state index in [4.69, 9.17) is 0 Å². The van der Waals surface area contributed by atoms with E-state index in [0.717, 1.165) is 37.7 Å². The van der Waals surface area contributed by atoms with Crippen molar-refractivity contribution in [3.8, 4) is 0 Å². The van der Waals surface area contributed by atoms with Gasteiger partial charge in [0.1, 0.15) is 0 Å². The fourth-order valence-corrected chi connectivity index (χ4v) is 6.00. The van der Waals surface area contributed by atoms with E-state index in [9.17, 15) is 18.5 Å². The molecule has 1 heterocycles. The van der Waals surface area contributed by atoms with Gasteiger partial charge in [0.05, 0.1) is 15.4 Å². The zero-order chi connectivity index (χ0) is 16.8. The van der Waals surface area contributed by atoms with Gasteiger partial charge in [-0.25, -0.2) is 8.42 Å². The van der Waals surface area contributed by atoms with Crippen LogP contribution in [0.2, 0.25) is 0 Å². The van der Waals surface area contributed by atoms with E-state index >= 15 is 0 Å². The van der Waals surface area contributed by atoms with Crippen LogP contribution in [-0.4, -0.2) is 30.2 Å². The van der Waals surface area contributed by atoms with Crippen molar-refractivity contribution in [3.05, 3.63) is 45.5 Å². The lowest BCUT2D eigenvalue weighted by atomic mass is 9.76. The molecule has 0 unspecified atom stereocenters. The molecule has 1 aliphatic carbocycles. The van der Waals surface area contributed by atoms with Gasteiger partial charge in [-0.15, -0.1) is 0 Å². The first kappa shape index (κ1) is 16.1. The molecular weight excluding hydrogens is 316 g/mol. The van der Waals surface area contributed by atoms with Gasteiger partial charge in [0.25, 0.3) is 5.69 Å². The monoisotopic (exact) mass is 336 g/mol. The van der Waals surface area contributed by atoms with Crippen LogP contribution in [-0.2, 0) is 10.0 Å². The van der Waals surface area contributed by atoms with E-state index in [1.165, 1.54) is 28.6 Å². The molecule has 0 bridgehead atoms. The van der Waals surface area contributed by atoms with Crippen LogP contribution in [0.15, 0.2) is 29.8 Å². The fourth-order valence-electron chi connectivity index (χ4n) is 3.93. The van der Waals surface area contributed by atoms with Crippen molar-refractivity contribution >= 4 is 20.6 Å². The Morgan fingerprint density at radius 1 is 1.13 bits per heavy atom. The maximum absolute atomic E-state index is 12.9. The summed E-state index contributed by atoms with van der Waals surface area (Å²) >= 11 is 0. The molecule has 1 spiro atoms. The molecule has 1 fully saturated rings. The van der Waals surface area contributed by atoms with Crippen LogP contribution in [0.5, 0.6) is 0 Å². The zero-order valence-corrected chi connectivity index (χ0v) is 14.1. The molecular formula is C16H20N2O4S. The predicted octanol–water partition coefficient (Wildman–Crippen LogP) is 3.30.